The van der Waals surface area contributed by atoms with E-state index in [1.165, 1.54) is 29.2 Å². The number of anilines is 2. The molecule has 0 aliphatic carbocycles. The molecule has 246 valence electrons. The Morgan fingerprint density at radius 2 is 1.89 bits per heavy atom. The number of H-pyrrole nitrogens is 1. The fourth-order valence-corrected chi connectivity index (χ4v) is 6.00. The minimum atomic E-state index is -2.65. The minimum Gasteiger partial charge on any atom is -0.485 e. The number of nitrogens with two attached hydrogens (primary N) is 1. The molecule has 4 heterocycles. The lowest BCUT2D eigenvalue weighted by atomic mass is 10.1. The van der Waals surface area contributed by atoms with Gasteiger partial charge in [0.1, 0.15) is 18.2 Å². The number of fused-ring (bicyclic) bond motifs is 1. The Kier molecular flexibility index (Phi) is 9.27. The number of pyridine rings is 1. The van der Waals surface area contributed by atoms with E-state index in [0.717, 1.165) is 38.1 Å². The largest absolute Gasteiger partial charge is 0.485 e. The van der Waals surface area contributed by atoms with Crippen molar-refractivity contribution in [2.24, 2.45) is 0 Å². The van der Waals surface area contributed by atoms with Gasteiger partial charge in [-0.3, -0.25) is 9.10 Å². The van der Waals surface area contributed by atoms with Crippen molar-refractivity contribution in [2.45, 2.75) is 32.2 Å². The third kappa shape index (κ3) is 6.86. The van der Waals surface area contributed by atoms with E-state index in [9.17, 15) is 22.4 Å². The molecule has 3 aromatic heterocycles. The average molecular weight is 670 g/mol. The summed E-state index contributed by atoms with van der Waals surface area (Å²) in [6.45, 7) is 2.73. The fourth-order valence-electron chi connectivity index (χ4n) is 5.42. The van der Waals surface area contributed by atoms with Crippen LogP contribution < -0.4 is 20.5 Å². The van der Waals surface area contributed by atoms with Gasteiger partial charge in [0.2, 0.25) is 17.4 Å². The number of para-hydroxylation sites is 1. The van der Waals surface area contributed by atoms with Crippen molar-refractivity contribution in [3.05, 3.63) is 83.3 Å². The Bertz CT molecular complexity index is 1900. The Hall–Kier alpha value is -4.76. The van der Waals surface area contributed by atoms with Gasteiger partial charge in [-0.1, -0.05) is 18.0 Å². The molecule has 10 nitrogen and oxygen atoms in total. The molecular formula is C32H31F4N7O3S. The van der Waals surface area contributed by atoms with E-state index in [-0.39, 0.29) is 34.7 Å². The van der Waals surface area contributed by atoms with Gasteiger partial charge in [-0.15, -0.1) is 0 Å². The summed E-state index contributed by atoms with van der Waals surface area (Å²) in [6, 6.07) is 9.95. The molecule has 2 aromatic carbocycles. The molecule has 47 heavy (non-hydrogen) atoms. The number of ether oxygens (including phenoxy) is 2. The molecule has 1 aliphatic heterocycles. The highest BCUT2D eigenvalue weighted by atomic mass is 32.2. The Morgan fingerprint density at radius 1 is 1.15 bits per heavy atom. The van der Waals surface area contributed by atoms with Crippen molar-refractivity contribution < 1.29 is 31.8 Å². The zero-order valence-electron chi connectivity index (χ0n) is 25.4. The monoisotopic (exact) mass is 669 g/mol. The number of nitrogens with one attached hydrogen (secondary N) is 2. The van der Waals surface area contributed by atoms with Crippen LogP contribution in [0, 0.1) is 18.6 Å². The molecule has 1 aliphatic rings. The number of alkyl halides is 2. The predicted molar refractivity (Wildman–Crippen MR) is 172 cm³/mol. The van der Waals surface area contributed by atoms with Crippen LogP contribution in [-0.2, 0) is 0 Å². The first-order chi connectivity index (χ1) is 22.6. The molecule has 0 amide bonds. The highest BCUT2D eigenvalue weighted by molar-refractivity contribution is 7.96. The standard InChI is InChI=1S/C32H31F4N7O3S/c1-17-10-29(46-31-21(33)4-3-5-22(31)34)38-15-26(17)43-32(37)20(14-39-43)30(44)25-11-18-12-27(45-16-28(35)36)24(13-23(18)41-25)40-19-6-8-42(47-2)9-7-19/h3-5,10-15,19,28,40-41H,6-9,16,37H2,1-2H3. The number of nitrogens with zero attached hydrogens (tertiary/aromatic N) is 4. The summed E-state index contributed by atoms with van der Waals surface area (Å²) in [7, 11) is 0. The second-order valence-electron chi connectivity index (χ2n) is 11.0. The van der Waals surface area contributed by atoms with E-state index in [1.807, 2.05) is 6.26 Å². The smallest absolute Gasteiger partial charge is 0.272 e. The summed E-state index contributed by atoms with van der Waals surface area (Å²) < 4.78 is 68.6. The SMILES string of the molecule is CSN1CCC(Nc2cc3[nH]c(C(=O)c4cnn(-c5cnc(Oc6c(F)cccc6F)cc5C)c4N)cc3cc2OCC(F)F)CC1. The number of aromatic amines is 1. The van der Waals surface area contributed by atoms with Crippen molar-refractivity contribution in [3.8, 4) is 23.1 Å². The van der Waals surface area contributed by atoms with Gasteiger partial charge in [-0.05, 0) is 61.9 Å². The maximum Gasteiger partial charge on any atom is 0.272 e. The number of nitrogen functional groups attached to an aromatic ring is 1. The number of ketones is 1. The number of hydrogen-bond acceptors (Lipinski definition) is 9. The molecule has 5 aromatic rings. The van der Waals surface area contributed by atoms with Crippen molar-refractivity contribution in [3.63, 3.8) is 0 Å². The number of aromatic nitrogens is 4. The minimum absolute atomic E-state index is 0.0345. The number of hydrogen-bond donors (Lipinski definition) is 3. The highest BCUT2D eigenvalue weighted by Crippen LogP contribution is 2.34. The van der Waals surface area contributed by atoms with Gasteiger partial charge in [0.05, 0.1) is 35.0 Å². The van der Waals surface area contributed by atoms with Crippen molar-refractivity contribution in [2.75, 3.05) is 37.0 Å². The Balaban J connectivity index is 1.24. The van der Waals surface area contributed by atoms with Gasteiger partial charge in [-0.25, -0.2) is 27.2 Å². The Morgan fingerprint density at radius 3 is 2.57 bits per heavy atom. The van der Waals surface area contributed by atoms with Crippen molar-refractivity contribution in [1.29, 1.82) is 0 Å². The van der Waals surface area contributed by atoms with Crippen LogP contribution in [0.5, 0.6) is 17.4 Å². The first-order valence-corrected chi connectivity index (χ1v) is 15.9. The van der Waals surface area contributed by atoms with Crippen LogP contribution >= 0.6 is 11.9 Å². The maximum atomic E-state index is 14.0. The van der Waals surface area contributed by atoms with Crippen LogP contribution in [0.25, 0.3) is 16.6 Å². The molecule has 1 fully saturated rings. The van der Waals surface area contributed by atoms with Crippen LogP contribution in [0.4, 0.5) is 29.1 Å². The zero-order chi connectivity index (χ0) is 33.2. The third-order valence-electron chi connectivity index (χ3n) is 7.87. The molecule has 1 saturated heterocycles. The number of halogens is 4. The highest BCUT2D eigenvalue weighted by Gasteiger charge is 2.24. The molecule has 4 N–H and O–H groups in total. The molecule has 0 unspecified atom stereocenters. The number of rotatable bonds is 11. The van der Waals surface area contributed by atoms with E-state index >= 15 is 0 Å². The summed E-state index contributed by atoms with van der Waals surface area (Å²) in [6.07, 6.45) is 3.83. The second kappa shape index (κ2) is 13.5. The quantitative estimate of drug-likeness (QED) is 0.0797. The molecule has 0 radical (unpaired) electrons. The van der Waals surface area contributed by atoms with Crippen LogP contribution in [0.15, 0.2) is 54.9 Å². The lowest BCUT2D eigenvalue weighted by molar-refractivity contribution is 0.0823. The van der Waals surface area contributed by atoms with Crippen molar-refractivity contribution in [1.82, 2.24) is 24.1 Å². The van der Waals surface area contributed by atoms with E-state index in [2.05, 4.69) is 24.7 Å². The van der Waals surface area contributed by atoms with Gasteiger partial charge >= 0.3 is 0 Å². The first kappa shape index (κ1) is 32.2. The van der Waals surface area contributed by atoms with Gasteiger partial charge < -0.3 is 25.5 Å². The third-order valence-corrected chi connectivity index (χ3v) is 8.75. The van der Waals surface area contributed by atoms with Crippen LogP contribution in [-0.4, -0.2) is 68.3 Å². The maximum absolute atomic E-state index is 14.0. The van der Waals surface area contributed by atoms with Crippen LogP contribution in [0.1, 0.15) is 34.5 Å². The molecule has 0 saturated carbocycles. The summed E-state index contributed by atoms with van der Waals surface area (Å²) in [5, 5.41) is 8.32. The second-order valence-corrected chi connectivity index (χ2v) is 11.9. The average Bonchev–Trinajstić information content (AvgIpc) is 3.64. The molecule has 0 bridgehead atoms. The summed E-state index contributed by atoms with van der Waals surface area (Å²) in [5.41, 5.74) is 8.84. The van der Waals surface area contributed by atoms with Gasteiger partial charge in [0, 0.05) is 36.1 Å². The molecule has 0 atom stereocenters. The van der Waals surface area contributed by atoms with E-state index in [4.69, 9.17) is 15.2 Å². The normalized spacial score (nSPS) is 14.2. The zero-order valence-corrected chi connectivity index (χ0v) is 26.2. The van der Waals surface area contributed by atoms with Crippen LogP contribution in [0.2, 0.25) is 0 Å². The summed E-state index contributed by atoms with van der Waals surface area (Å²) >= 11 is 1.69. The summed E-state index contributed by atoms with van der Waals surface area (Å²) in [5.74, 6) is -2.52. The van der Waals surface area contributed by atoms with E-state index in [0.29, 0.717) is 27.8 Å². The first-order valence-electron chi connectivity index (χ1n) is 14.7. The van der Waals surface area contributed by atoms with Crippen molar-refractivity contribution >= 4 is 40.1 Å². The summed E-state index contributed by atoms with van der Waals surface area (Å²) in [4.78, 5) is 20.9. The number of carbonyl (C=O) groups excluding carboxylic acids is 1. The van der Waals surface area contributed by atoms with Gasteiger partial charge in [-0.2, -0.15) is 5.10 Å². The number of benzene rings is 2. The van der Waals surface area contributed by atoms with Gasteiger partial charge in [0.25, 0.3) is 6.43 Å². The number of piperidine rings is 1. The van der Waals surface area contributed by atoms with Gasteiger partial charge in [0.15, 0.2) is 11.6 Å². The lowest BCUT2D eigenvalue weighted by Gasteiger charge is -2.31. The van der Waals surface area contributed by atoms with E-state index < -0.39 is 36.2 Å². The molecular weight excluding hydrogens is 638 g/mol. The van der Waals surface area contributed by atoms with E-state index in [1.54, 1.807) is 37.1 Å². The lowest BCUT2D eigenvalue weighted by Crippen LogP contribution is -2.35. The molecule has 0 spiro atoms. The number of aryl methyl sites for hydroxylation is 1. The predicted octanol–water partition coefficient (Wildman–Crippen LogP) is 6.74. The fraction of sp³-hybridized carbons (Fsp3) is 0.281. The Labute approximate surface area is 271 Å². The molecule has 6 rings (SSSR count). The molecule has 15 heteroatoms. The van der Waals surface area contributed by atoms with Crippen LogP contribution in [0.3, 0.4) is 0 Å². The topological polar surface area (TPSA) is 123 Å². The number of carbonyl (C=O) groups is 1.